The maximum atomic E-state index is 13.6. The summed E-state index contributed by atoms with van der Waals surface area (Å²) in [5.41, 5.74) is 0. The predicted molar refractivity (Wildman–Crippen MR) is 95.2 cm³/mol. The van der Waals surface area contributed by atoms with E-state index in [1.54, 1.807) is 0 Å². The summed E-state index contributed by atoms with van der Waals surface area (Å²) < 4.78 is 163. The predicted octanol–water partition coefficient (Wildman–Crippen LogP) is 8.89. The average Bonchev–Trinajstić information content (AvgIpc) is 2.49. The van der Waals surface area contributed by atoms with Crippen molar-refractivity contribution >= 4 is 78.5 Å². The topological polar surface area (TPSA) is 0 Å². The molecule has 0 aromatic carbocycles. The molecule has 0 heterocycles. The van der Waals surface area contributed by atoms with Crippen molar-refractivity contribution in [3.8, 4) is 0 Å². The van der Waals surface area contributed by atoms with Crippen LogP contribution < -0.4 is 0 Å². The van der Waals surface area contributed by atoms with Crippen molar-refractivity contribution < 1.29 is 52.7 Å². The second kappa shape index (κ2) is 9.18. The molecule has 0 rings (SSSR count). The number of halogens is 18. The minimum atomic E-state index is -7.68. The Balaban J connectivity index is 6.13. The van der Waals surface area contributed by atoms with Crippen molar-refractivity contribution in [1.82, 2.24) is 0 Å². The van der Waals surface area contributed by atoms with Gasteiger partial charge in [-0.25, -0.2) is 0 Å². The van der Waals surface area contributed by atoms with Crippen molar-refractivity contribution in [2.24, 2.45) is 0 Å². The van der Waals surface area contributed by atoms with Gasteiger partial charge in [-0.15, -0.1) is 66.5 Å². The fraction of sp³-hybridized carbons (Fsp3) is 1.00. The van der Waals surface area contributed by atoms with E-state index in [2.05, 4.69) is 0 Å². The van der Waals surface area contributed by atoms with Gasteiger partial charge in [0.05, 0.1) is 0 Å². The Hall–Kier alpha value is 1.33. The molecule has 0 amide bonds. The van der Waals surface area contributed by atoms with Crippen LogP contribution in [0.4, 0.5) is 52.7 Å². The van der Waals surface area contributed by atoms with E-state index in [0.29, 0.717) is 0 Å². The van der Waals surface area contributed by atoms with E-state index in [-0.39, 0.29) is 0 Å². The third kappa shape index (κ3) is 6.47. The van der Waals surface area contributed by atoms with E-state index < -0.39 is 72.5 Å². The van der Waals surface area contributed by atoms with Gasteiger partial charge in [0.25, 0.3) is 0 Å². The van der Waals surface area contributed by atoms with Crippen molar-refractivity contribution in [3.05, 3.63) is 0 Å². The van der Waals surface area contributed by atoms with Gasteiger partial charge >= 0.3 is 47.5 Å². The molecule has 0 saturated heterocycles. The van der Waals surface area contributed by atoms with Crippen LogP contribution in [0.3, 0.4) is 0 Å². The molecule has 0 spiro atoms. The minimum Gasteiger partial charge on any atom is -0.200 e. The first-order valence-electron chi connectivity index (χ1n) is 7.07. The first kappa shape index (κ1) is 31.3. The van der Waals surface area contributed by atoms with Crippen LogP contribution in [0.25, 0.3) is 0 Å². The van der Waals surface area contributed by atoms with Crippen molar-refractivity contribution in [1.29, 1.82) is 0 Å². The van der Waals surface area contributed by atoms with Crippen molar-refractivity contribution in [2.75, 3.05) is 0 Å². The zero-order valence-corrected chi connectivity index (χ0v) is 20.2. The molecule has 0 aromatic rings. The molecule has 20 heteroatoms. The lowest BCUT2D eigenvalue weighted by Gasteiger charge is -2.41. The molecule has 182 valence electrons. The van der Waals surface area contributed by atoms with E-state index in [0.717, 1.165) is 0 Å². The summed E-state index contributed by atoms with van der Waals surface area (Å²) in [5.74, 6) is -42.2. The standard InChI is InChI=1S/C10H8Cl6F12Si2/c11-29(12,13)3-1-5(17,18)7(21,22)9(25,26)10(27,28)8(23,24)6(19,20)2-4-30(14,15)16/h1-4H2. The maximum absolute atomic E-state index is 13.6. The number of alkyl halides is 12. The highest BCUT2D eigenvalue weighted by Crippen LogP contribution is 2.61. The molecule has 0 radical (unpaired) electrons. The second-order valence-electron chi connectivity index (χ2n) is 5.94. The molecular weight excluding hydrogens is 617 g/mol. The van der Waals surface area contributed by atoms with Crippen LogP contribution in [-0.4, -0.2) is 47.5 Å². The smallest absolute Gasteiger partial charge is 0.200 e. The van der Waals surface area contributed by atoms with Crippen LogP contribution in [0.5, 0.6) is 0 Å². The second-order valence-corrected chi connectivity index (χ2v) is 24.5. The lowest BCUT2D eigenvalue weighted by molar-refractivity contribution is -0.425. The molecule has 0 aliphatic carbocycles. The molecule has 0 saturated carbocycles. The Morgan fingerprint density at radius 1 is 0.400 bits per heavy atom. The lowest BCUT2D eigenvalue weighted by atomic mass is 9.90. The van der Waals surface area contributed by atoms with Crippen molar-refractivity contribution in [2.45, 2.75) is 60.5 Å². The van der Waals surface area contributed by atoms with Gasteiger partial charge in [0.1, 0.15) is 0 Å². The Bertz CT molecular complexity index is 551. The lowest BCUT2D eigenvalue weighted by Crippen LogP contribution is -2.70. The van der Waals surface area contributed by atoms with Gasteiger partial charge in [0, 0.05) is 12.8 Å². The minimum absolute atomic E-state index is 1.47. The average molecular weight is 625 g/mol. The van der Waals surface area contributed by atoms with Crippen LogP contribution in [0.15, 0.2) is 0 Å². The molecule has 0 nitrogen and oxygen atoms in total. The fourth-order valence-corrected chi connectivity index (χ4v) is 4.66. The summed E-state index contributed by atoms with van der Waals surface area (Å²) in [4.78, 5) is 0. The van der Waals surface area contributed by atoms with Crippen molar-refractivity contribution in [3.63, 3.8) is 0 Å². The summed E-state index contributed by atoms with van der Waals surface area (Å²) in [5, 5.41) is 0. The Kier molecular flexibility index (Phi) is 9.58. The van der Waals surface area contributed by atoms with Crippen LogP contribution in [-0.2, 0) is 0 Å². The summed E-state index contributed by atoms with van der Waals surface area (Å²) in [6, 6.07) is -11.3. The molecular formula is C10H8Cl6F12Si2. The largest absolute Gasteiger partial charge is 0.384 e. The highest BCUT2D eigenvalue weighted by molar-refractivity contribution is 7.65. The van der Waals surface area contributed by atoms with Gasteiger partial charge in [-0.3, -0.25) is 0 Å². The SMILES string of the molecule is FC(F)(CC[Si](Cl)(Cl)Cl)C(F)(F)C(F)(F)C(F)(F)C(F)(F)C(F)(F)CC[Si](Cl)(Cl)Cl. The highest BCUT2D eigenvalue weighted by atomic mass is 35.8. The quantitative estimate of drug-likeness (QED) is 0.122. The van der Waals surface area contributed by atoms with E-state index >= 15 is 0 Å². The van der Waals surface area contributed by atoms with E-state index in [1.165, 1.54) is 0 Å². The van der Waals surface area contributed by atoms with E-state index in [9.17, 15) is 52.7 Å². The summed E-state index contributed by atoms with van der Waals surface area (Å²) >= 11 is 30.6. The molecule has 0 bridgehead atoms. The van der Waals surface area contributed by atoms with Gasteiger partial charge in [0.15, 0.2) is 0 Å². The Labute approximate surface area is 191 Å². The summed E-state index contributed by atoms with van der Waals surface area (Å²) in [6.07, 6.45) is -4.87. The molecule has 0 aliphatic heterocycles. The number of hydrogen-bond donors (Lipinski definition) is 0. The van der Waals surface area contributed by atoms with E-state index in [1.807, 2.05) is 0 Å². The van der Waals surface area contributed by atoms with Gasteiger partial charge in [-0.1, -0.05) is 0 Å². The normalized spacial score (nSPS) is 16.2. The Morgan fingerprint density at radius 2 is 0.600 bits per heavy atom. The number of hydrogen-bond acceptors (Lipinski definition) is 0. The van der Waals surface area contributed by atoms with Gasteiger partial charge in [0.2, 0.25) is 0 Å². The summed E-state index contributed by atoms with van der Waals surface area (Å²) in [6.45, 7) is 0. The van der Waals surface area contributed by atoms with Crippen LogP contribution in [0.1, 0.15) is 12.8 Å². The first-order valence-corrected chi connectivity index (χ1v) is 17.6. The highest BCUT2D eigenvalue weighted by Gasteiger charge is 2.89. The molecule has 0 unspecified atom stereocenters. The molecule has 0 aromatic heterocycles. The third-order valence-electron chi connectivity index (χ3n) is 3.55. The summed E-state index contributed by atoms with van der Waals surface area (Å²) in [7, 11) is 0. The van der Waals surface area contributed by atoms with E-state index in [4.69, 9.17) is 66.5 Å². The zero-order chi connectivity index (χ0) is 24.8. The third-order valence-corrected chi connectivity index (χ3v) is 8.58. The number of rotatable bonds is 11. The van der Waals surface area contributed by atoms with Gasteiger partial charge in [-0.2, -0.15) is 52.7 Å². The molecule has 0 atom stereocenters. The van der Waals surface area contributed by atoms with Gasteiger partial charge < -0.3 is 0 Å². The molecule has 0 N–H and O–H groups in total. The molecule has 0 aliphatic rings. The van der Waals surface area contributed by atoms with Crippen LogP contribution in [0.2, 0.25) is 12.1 Å². The first-order chi connectivity index (χ1) is 12.7. The zero-order valence-electron chi connectivity index (χ0n) is 13.6. The maximum Gasteiger partial charge on any atom is 0.384 e. The van der Waals surface area contributed by atoms with Gasteiger partial charge in [-0.05, 0) is 12.1 Å². The fourth-order valence-electron chi connectivity index (χ4n) is 1.77. The van der Waals surface area contributed by atoms with Crippen LogP contribution in [0, 0.1) is 0 Å². The molecule has 0 fully saturated rings. The monoisotopic (exact) mass is 622 g/mol. The Morgan fingerprint density at radius 3 is 0.767 bits per heavy atom. The molecule has 30 heavy (non-hydrogen) atoms. The van der Waals surface area contributed by atoms with Crippen LogP contribution >= 0.6 is 66.5 Å².